The largest absolute Gasteiger partial charge is 0.507 e. The summed E-state index contributed by atoms with van der Waals surface area (Å²) in [5.74, 6) is -0.426. The number of halogens is 1. The van der Waals surface area contributed by atoms with Crippen molar-refractivity contribution in [2.45, 2.75) is 6.92 Å². The van der Waals surface area contributed by atoms with Gasteiger partial charge in [-0.3, -0.25) is 4.79 Å². The maximum absolute atomic E-state index is 12.0. The molecule has 0 aliphatic rings. The van der Waals surface area contributed by atoms with E-state index >= 15 is 0 Å². The summed E-state index contributed by atoms with van der Waals surface area (Å²) in [4.78, 5) is 12.0. The quantitative estimate of drug-likeness (QED) is 0.737. The van der Waals surface area contributed by atoms with Crippen LogP contribution in [0.5, 0.6) is 5.75 Å². The Morgan fingerprint density at radius 2 is 2.05 bits per heavy atom. The summed E-state index contributed by atoms with van der Waals surface area (Å²) >= 11 is 5.80. The van der Waals surface area contributed by atoms with E-state index in [0.29, 0.717) is 22.0 Å². The zero-order valence-corrected chi connectivity index (χ0v) is 11.0. The summed E-state index contributed by atoms with van der Waals surface area (Å²) in [6.45, 7) is 1.73. The van der Waals surface area contributed by atoms with Crippen molar-refractivity contribution in [1.29, 1.82) is 0 Å². The van der Waals surface area contributed by atoms with Crippen molar-refractivity contribution in [2.75, 3.05) is 11.1 Å². The Morgan fingerprint density at radius 1 is 1.32 bits per heavy atom. The highest BCUT2D eigenvalue weighted by Gasteiger charge is 2.12. The number of nitrogens with one attached hydrogen (secondary N) is 1. The molecule has 4 nitrogen and oxygen atoms in total. The molecule has 0 aromatic heterocycles. The Labute approximate surface area is 115 Å². The number of phenols is 1. The molecule has 0 heterocycles. The number of anilines is 2. The molecule has 0 saturated heterocycles. The first-order valence-electron chi connectivity index (χ1n) is 5.64. The number of hydrogen-bond donors (Lipinski definition) is 3. The predicted molar refractivity (Wildman–Crippen MR) is 76.7 cm³/mol. The molecule has 1 amide bonds. The number of benzene rings is 2. The average Bonchev–Trinajstić information content (AvgIpc) is 2.37. The van der Waals surface area contributed by atoms with Crippen molar-refractivity contribution in [3.8, 4) is 5.75 Å². The van der Waals surface area contributed by atoms with Crippen LogP contribution in [-0.4, -0.2) is 11.0 Å². The molecule has 0 saturated carbocycles. The van der Waals surface area contributed by atoms with Crippen LogP contribution in [0.25, 0.3) is 0 Å². The molecule has 2 rings (SSSR count). The number of amides is 1. The molecule has 0 unspecified atom stereocenters. The molecule has 19 heavy (non-hydrogen) atoms. The number of aryl methyl sites for hydroxylation is 1. The van der Waals surface area contributed by atoms with Gasteiger partial charge in [-0.2, -0.15) is 0 Å². The Bertz CT molecular complexity index is 641. The van der Waals surface area contributed by atoms with Gasteiger partial charge in [0.1, 0.15) is 5.75 Å². The van der Waals surface area contributed by atoms with Gasteiger partial charge < -0.3 is 16.2 Å². The van der Waals surface area contributed by atoms with Gasteiger partial charge in [0.2, 0.25) is 0 Å². The Balaban J connectivity index is 2.26. The fraction of sp³-hybridized carbons (Fsp3) is 0.0714. The summed E-state index contributed by atoms with van der Waals surface area (Å²) in [6, 6.07) is 9.79. The number of para-hydroxylation sites is 1. The SMILES string of the molecule is Cc1cccc(C(=O)Nc2ccc(Cl)c(N)c2)c1O. The molecular weight excluding hydrogens is 264 g/mol. The van der Waals surface area contributed by atoms with Crippen LogP contribution >= 0.6 is 11.6 Å². The second-order valence-corrected chi connectivity index (χ2v) is 4.57. The first-order chi connectivity index (χ1) is 8.99. The minimum atomic E-state index is -0.400. The fourth-order valence-corrected chi connectivity index (χ4v) is 1.78. The van der Waals surface area contributed by atoms with Crippen LogP contribution in [0.3, 0.4) is 0 Å². The van der Waals surface area contributed by atoms with Crippen LogP contribution < -0.4 is 11.1 Å². The van der Waals surface area contributed by atoms with Crippen LogP contribution in [0.4, 0.5) is 11.4 Å². The van der Waals surface area contributed by atoms with Crippen molar-refractivity contribution >= 4 is 28.9 Å². The summed E-state index contributed by atoms with van der Waals surface area (Å²) in [6.07, 6.45) is 0. The second-order valence-electron chi connectivity index (χ2n) is 4.16. The maximum Gasteiger partial charge on any atom is 0.259 e. The third kappa shape index (κ3) is 2.80. The second kappa shape index (κ2) is 5.20. The van der Waals surface area contributed by atoms with E-state index in [2.05, 4.69) is 5.32 Å². The number of nitrogens with two attached hydrogens (primary N) is 1. The molecule has 4 N–H and O–H groups in total. The molecule has 0 bridgehead atoms. The van der Waals surface area contributed by atoms with E-state index in [-0.39, 0.29) is 11.3 Å². The highest BCUT2D eigenvalue weighted by Crippen LogP contribution is 2.25. The normalized spacial score (nSPS) is 10.2. The molecule has 0 aliphatic carbocycles. The van der Waals surface area contributed by atoms with Crippen LogP contribution in [-0.2, 0) is 0 Å². The van der Waals surface area contributed by atoms with Gasteiger partial charge in [0.25, 0.3) is 5.91 Å². The van der Waals surface area contributed by atoms with Crippen LogP contribution in [0.2, 0.25) is 5.02 Å². The van der Waals surface area contributed by atoms with Crippen LogP contribution in [0, 0.1) is 6.92 Å². The maximum atomic E-state index is 12.0. The summed E-state index contributed by atoms with van der Waals surface area (Å²) in [7, 11) is 0. The zero-order valence-electron chi connectivity index (χ0n) is 10.3. The van der Waals surface area contributed by atoms with E-state index < -0.39 is 5.91 Å². The van der Waals surface area contributed by atoms with Gasteiger partial charge in [-0.1, -0.05) is 23.7 Å². The third-order valence-electron chi connectivity index (χ3n) is 2.74. The first kappa shape index (κ1) is 13.2. The molecule has 0 aliphatic heterocycles. The van der Waals surface area contributed by atoms with Crippen molar-refractivity contribution in [1.82, 2.24) is 0 Å². The van der Waals surface area contributed by atoms with Crippen molar-refractivity contribution in [3.05, 3.63) is 52.5 Å². The van der Waals surface area contributed by atoms with Gasteiger partial charge in [-0.15, -0.1) is 0 Å². The minimum absolute atomic E-state index is 0.0260. The van der Waals surface area contributed by atoms with E-state index in [9.17, 15) is 9.90 Å². The van der Waals surface area contributed by atoms with Gasteiger partial charge in [0.05, 0.1) is 16.3 Å². The molecule has 2 aromatic carbocycles. The molecule has 2 aromatic rings. The highest BCUT2D eigenvalue weighted by molar-refractivity contribution is 6.33. The molecule has 0 atom stereocenters. The number of hydrogen-bond acceptors (Lipinski definition) is 3. The third-order valence-corrected chi connectivity index (χ3v) is 3.08. The van der Waals surface area contributed by atoms with Crippen molar-refractivity contribution < 1.29 is 9.90 Å². The van der Waals surface area contributed by atoms with Gasteiger partial charge in [-0.25, -0.2) is 0 Å². The highest BCUT2D eigenvalue weighted by atomic mass is 35.5. The fourth-order valence-electron chi connectivity index (χ4n) is 1.66. The predicted octanol–water partition coefficient (Wildman–Crippen LogP) is 3.19. The summed E-state index contributed by atoms with van der Waals surface area (Å²) in [5.41, 5.74) is 7.42. The van der Waals surface area contributed by atoms with Gasteiger partial charge in [-0.05, 0) is 36.8 Å². The first-order valence-corrected chi connectivity index (χ1v) is 6.02. The number of rotatable bonds is 2. The van der Waals surface area contributed by atoms with Gasteiger partial charge in [0.15, 0.2) is 0 Å². The van der Waals surface area contributed by atoms with Crippen molar-refractivity contribution in [2.24, 2.45) is 0 Å². The van der Waals surface area contributed by atoms with Gasteiger partial charge in [0, 0.05) is 5.69 Å². The number of phenolic OH excluding ortho intramolecular Hbond substituents is 1. The topological polar surface area (TPSA) is 75.4 Å². The van der Waals surface area contributed by atoms with Gasteiger partial charge >= 0.3 is 0 Å². The lowest BCUT2D eigenvalue weighted by atomic mass is 10.1. The van der Waals surface area contributed by atoms with Crippen LogP contribution in [0.15, 0.2) is 36.4 Å². The molecule has 0 spiro atoms. The van der Waals surface area contributed by atoms with E-state index in [4.69, 9.17) is 17.3 Å². The number of nitrogen functional groups attached to an aromatic ring is 1. The lowest BCUT2D eigenvalue weighted by molar-refractivity contribution is 0.102. The number of carbonyl (C=O) groups is 1. The Kier molecular flexibility index (Phi) is 3.62. The molecule has 0 fully saturated rings. The lowest BCUT2D eigenvalue weighted by Gasteiger charge is -2.09. The van der Waals surface area contributed by atoms with E-state index in [1.54, 1.807) is 43.3 Å². The zero-order chi connectivity index (χ0) is 14.0. The Hall–Kier alpha value is -2.20. The van der Waals surface area contributed by atoms with Crippen molar-refractivity contribution in [3.63, 3.8) is 0 Å². The monoisotopic (exact) mass is 276 g/mol. The summed E-state index contributed by atoms with van der Waals surface area (Å²) < 4.78 is 0. The molecular formula is C14H13ClN2O2. The van der Waals surface area contributed by atoms with E-state index in [0.717, 1.165) is 0 Å². The van der Waals surface area contributed by atoms with Crippen LogP contribution in [0.1, 0.15) is 15.9 Å². The average molecular weight is 277 g/mol. The number of carbonyl (C=O) groups excluding carboxylic acids is 1. The van der Waals surface area contributed by atoms with E-state index in [1.807, 2.05) is 0 Å². The Morgan fingerprint density at radius 3 is 2.74 bits per heavy atom. The summed E-state index contributed by atoms with van der Waals surface area (Å²) in [5, 5.41) is 12.9. The molecule has 98 valence electrons. The molecule has 0 radical (unpaired) electrons. The molecule has 5 heteroatoms. The lowest BCUT2D eigenvalue weighted by Crippen LogP contribution is -2.12. The van der Waals surface area contributed by atoms with E-state index in [1.165, 1.54) is 0 Å². The number of aromatic hydroxyl groups is 1. The smallest absolute Gasteiger partial charge is 0.259 e. The minimum Gasteiger partial charge on any atom is -0.507 e. The standard InChI is InChI=1S/C14H13ClN2O2/c1-8-3-2-4-10(13(8)18)14(19)17-9-5-6-11(15)12(16)7-9/h2-7,18H,16H2,1H3,(H,17,19).